The SMILES string of the molecule is CC(C)C(C)(CC(=O)O)C12CC3CC(CC(C3)C1)C2. The van der Waals surface area contributed by atoms with E-state index in [4.69, 9.17) is 0 Å². The molecule has 2 nitrogen and oxygen atoms in total. The molecule has 0 aromatic heterocycles. The van der Waals surface area contributed by atoms with Crippen LogP contribution in [0.1, 0.15) is 65.7 Å². The Balaban J connectivity index is 1.95. The summed E-state index contributed by atoms with van der Waals surface area (Å²) >= 11 is 0. The van der Waals surface area contributed by atoms with Gasteiger partial charge >= 0.3 is 5.97 Å². The Hall–Kier alpha value is -0.530. The second-order valence-corrected chi connectivity index (χ2v) is 8.34. The molecule has 0 heterocycles. The van der Waals surface area contributed by atoms with Crippen molar-refractivity contribution in [3.8, 4) is 0 Å². The first-order valence-corrected chi connectivity index (χ1v) is 8.06. The van der Waals surface area contributed by atoms with Crippen LogP contribution in [0.2, 0.25) is 0 Å². The molecule has 0 aromatic rings. The highest BCUT2D eigenvalue weighted by Crippen LogP contribution is 2.68. The zero-order chi connectivity index (χ0) is 13.8. The van der Waals surface area contributed by atoms with Crippen LogP contribution in [-0.2, 0) is 4.79 Å². The topological polar surface area (TPSA) is 37.3 Å². The highest BCUT2D eigenvalue weighted by atomic mass is 16.4. The van der Waals surface area contributed by atoms with E-state index in [0.29, 0.717) is 17.8 Å². The Morgan fingerprint density at radius 1 is 1.16 bits per heavy atom. The molecule has 1 N–H and O–H groups in total. The summed E-state index contributed by atoms with van der Waals surface area (Å²) in [6.45, 7) is 6.75. The lowest BCUT2D eigenvalue weighted by molar-refractivity contribution is -0.164. The fraction of sp³-hybridized carbons (Fsp3) is 0.941. The summed E-state index contributed by atoms with van der Waals surface area (Å²) in [5.74, 6) is 2.56. The van der Waals surface area contributed by atoms with Crippen LogP contribution in [0, 0.1) is 34.5 Å². The number of carboxylic acids is 1. The summed E-state index contributed by atoms with van der Waals surface area (Å²) in [6.07, 6.45) is 8.57. The van der Waals surface area contributed by atoms with Gasteiger partial charge in [-0.3, -0.25) is 4.79 Å². The molecule has 1 unspecified atom stereocenters. The van der Waals surface area contributed by atoms with Crippen LogP contribution in [0.25, 0.3) is 0 Å². The lowest BCUT2D eigenvalue weighted by atomic mass is 9.41. The van der Waals surface area contributed by atoms with E-state index in [1.807, 2.05) is 0 Å². The summed E-state index contributed by atoms with van der Waals surface area (Å²) in [6, 6.07) is 0. The van der Waals surface area contributed by atoms with Crippen LogP contribution in [-0.4, -0.2) is 11.1 Å². The van der Waals surface area contributed by atoms with Crippen LogP contribution in [0.5, 0.6) is 0 Å². The first kappa shape index (κ1) is 13.5. The predicted molar refractivity (Wildman–Crippen MR) is 75.8 cm³/mol. The van der Waals surface area contributed by atoms with Crippen LogP contribution >= 0.6 is 0 Å². The molecule has 4 bridgehead atoms. The number of rotatable bonds is 4. The standard InChI is InChI=1S/C17H28O2/c1-11(2)16(3,10-15(18)19)17-7-12-4-13(8-17)6-14(5-12)9-17/h11-14H,4-10H2,1-3H3,(H,18,19). The van der Waals surface area contributed by atoms with Crippen molar-refractivity contribution in [2.24, 2.45) is 34.5 Å². The quantitative estimate of drug-likeness (QED) is 0.820. The minimum atomic E-state index is -0.605. The lowest BCUT2D eigenvalue weighted by Gasteiger charge is -2.64. The van der Waals surface area contributed by atoms with Gasteiger partial charge in [0.2, 0.25) is 0 Å². The molecule has 0 radical (unpaired) electrons. The van der Waals surface area contributed by atoms with Gasteiger partial charge in [0.05, 0.1) is 6.42 Å². The number of carbonyl (C=O) groups is 1. The molecule has 1 atom stereocenters. The van der Waals surface area contributed by atoms with Gasteiger partial charge in [-0.15, -0.1) is 0 Å². The maximum Gasteiger partial charge on any atom is 0.303 e. The molecule has 0 saturated heterocycles. The second-order valence-electron chi connectivity index (χ2n) is 8.34. The molecule has 4 aliphatic carbocycles. The zero-order valence-corrected chi connectivity index (χ0v) is 12.6. The van der Waals surface area contributed by atoms with Gasteiger partial charge < -0.3 is 5.11 Å². The molecule has 4 saturated carbocycles. The molecular weight excluding hydrogens is 236 g/mol. The van der Waals surface area contributed by atoms with Gasteiger partial charge in [0.25, 0.3) is 0 Å². The Bertz CT molecular complexity index is 349. The van der Waals surface area contributed by atoms with E-state index < -0.39 is 5.97 Å². The first-order valence-electron chi connectivity index (χ1n) is 8.06. The van der Waals surface area contributed by atoms with Crippen molar-refractivity contribution in [1.29, 1.82) is 0 Å². The number of hydrogen-bond donors (Lipinski definition) is 1. The largest absolute Gasteiger partial charge is 0.481 e. The fourth-order valence-corrected chi connectivity index (χ4v) is 6.13. The smallest absolute Gasteiger partial charge is 0.303 e. The Kier molecular flexibility index (Phi) is 3.00. The monoisotopic (exact) mass is 264 g/mol. The Labute approximate surface area is 117 Å². The van der Waals surface area contributed by atoms with E-state index in [9.17, 15) is 9.90 Å². The number of aliphatic carboxylic acids is 1. The Morgan fingerprint density at radius 2 is 1.58 bits per heavy atom. The van der Waals surface area contributed by atoms with Crippen molar-refractivity contribution in [2.75, 3.05) is 0 Å². The van der Waals surface area contributed by atoms with Gasteiger partial charge in [-0.05, 0) is 73.0 Å². The first-order chi connectivity index (χ1) is 8.84. The van der Waals surface area contributed by atoms with Gasteiger partial charge in [0.15, 0.2) is 0 Å². The van der Waals surface area contributed by atoms with Gasteiger partial charge in [0, 0.05) is 0 Å². The van der Waals surface area contributed by atoms with Crippen molar-refractivity contribution < 1.29 is 9.90 Å². The van der Waals surface area contributed by atoms with Crippen molar-refractivity contribution >= 4 is 5.97 Å². The molecule has 19 heavy (non-hydrogen) atoms. The summed E-state index contributed by atoms with van der Waals surface area (Å²) in [7, 11) is 0. The molecular formula is C17H28O2. The average Bonchev–Trinajstić information content (AvgIpc) is 2.25. The van der Waals surface area contributed by atoms with Gasteiger partial charge in [-0.2, -0.15) is 0 Å². The molecule has 0 aliphatic heterocycles. The maximum atomic E-state index is 11.4. The fourth-order valence-electron chi connectivity index (χ4n) is 6.13. The van der Waals surface area contributed by atoms with Crippen LogP contribution < -0.4 is 0 Å². The van der Waals surface area contributed by atoms with E-state index in [1.54, 1.807) is 0 Å². The zero-order valence-electron chi connectivity index (χ0n) is 12.6. The summed E-state index contributed by atoms with van der Waals surface area (Å²) in [4.78, 5) is 11.4. The molecule has 0 aromatic carbocycles. The average molecular weight is 264 g/mol. The van der Waals surface area contributed by atoms with Gasteiger partial charge in [-0.25, -0.2) is 0 Å². The highest BCUT2D eigenvalue weighted by molar-refractivity contribution is 5.68. The maximum absolute atomic E-state index is 11.4. The minimum absolute atomic E-state index is 0.0190. The normalized spacial score (nSPS) is 43.5. The van der Waals surface area contributed by atoms with E-state index in [0.717, 1.165) is 17.8 Å². The molecule has 0 spiro atoms. The highest BCUT2D eigenvalue weighted by Gasteiger charge is 2.59. The third kappa shape index (κ3) is 1.94. The molecule has 4 aliphatic rings. The predicted octanol–water partition coefficient (Wildman–Crippen LogP) is 4.34. The van der Waals surface area contributed by atoms with Crippen LogP contribution in [0.3, 0.4) is 0 Å². The third-order valence-electron chi connectivity index (χ3n) is 7.04. The van der Waals surface area contributed by atoms with E-state index in [-0.39, 0.29) is 5.41 Å². The van der Waals surface area contributed by atoms with E-state index in [1.165, 1.54) is 38.5 Å². The van der Waals surface area contributed by atoms with Crippen molar-refractivity contribution in [2.45, 2.75) is 65.7 Å². The summed E-state index contributed by atoms with van der Waals surface area (Å²) in [5, 5.41) is 9.40. The lowest BCUT2D eigenvalue weighted by Crippen LogP contribution is -2.56. The molecule has 108 valence electrons. The van der Waals surface area contributed by atoms with E-state index in [2.05, 4.69) is 20.8 Å². The molecule has 4 rings (SSSR count). The van der Waals surface area contributed by atoms with Gasteiger partial charge in [0.1, 0.15) is 0 Å². The van der Waals surface area contributed by atoms with E-state index >= 15 is 0 Å². The van der Waals surface area contributed by atoms with Crippen LogP contribution in [0.4, 0.5) is 0 Å². The Morgan fingerprint density at radius 3 is 1.89 bits per heavy atom. The van der Waals surface area contributed by atoms with Crippen LogP contribution in [0.15, 0.2) is 0 Å². The molecule has 2 heteroatoms. The number of carboxylic acid groups (broad SMARTS) is 1. The second kappa shape index (κ2) is 4.23. The minimum Gasteiger partial charge on any atom is -0.481 e. The van der Waals surface area contributed by atoms with Gasteiger partial charge in [-0.1, -0.05) is 20.8 Å². The van der Waals surface area contributed by atoms with Crippen molar-refractivity contribution in [1.82, 2.24) is 0 Å². The number of hydrogen-bond acceptors (Lipinski definition) is 1. The summed E-state index contributed by atoms with van der Waals surface area (Å²) in [5.41, 5.74) is 0.309. The summed E-state index contributed by atoms with van der Waals surface area (Å²) < 4.78 is 0. The van der Waals surface area contributed by atoms with Crippen molar-refractivity contribution in [3.63, 3.8) is 0 Å². The third-order valence-corrected chi connectivity index (χ3v) is 7.04. The molecule has 0 amide bonds. The van der Waals surface area contributed by atoms with Crippen molar-refractivity contribution in [3.05, 3.63) is 0 Å². The molecule has 4 fully saturated rings.